The van der Waals surface area contributed by atoms with E-state index < -0.39 is 47.5 Å². The van der Waals surface area contributed by atoms with Crippen LogP contribution in [0.15, 0.2) is 66.7 Å². The van der Waals surface area contributed by atoms with Crippen molar-refractivity contribution in [1.82, 2.24) is 20.9 Å². The molecule has 0 fully saturated rings. The highest BCUT2D eigenvalue weighted by Crippen LogP contribution is 2.27. The molecule has 0 aromatic heterocycles. The summed E-state index contributed by atoms with van der Waals surface area (Å²) in [6, 6.07) is 16.6. The Balaban J connectivity index is 1.65. The molecule has 12 heteroatoms. The smallest absolute Gasteiger partial charge is 0.408 e. The van der Waals surface area contributed by atoms with Crippen molar-refractivity contribution in [2.45, 2.75) is 104 Å². The number of benzene rings is 3. The molecule has 5 N–H and O–H groups in total. The van der Waals surface area contributed by atoms with Gasteiger partial charge in [-0.2, -0.15) is 0 Å². The van der Waals surface area contributed by atoms with E-state index in [0.29, 0.717) is 31.5 Å². The van der Waals surface area contributed by atoms with Gasteiger partial charge in [0.2, 0.25) is 23.6 Å². The third-order valence-electron chi connectivity index (χ3n) is 8.88. The van der Waals surface area contributed by atoms with Gasteiger partial charge in [0, 0.05) is 38.5 Å². The molecule has 0 saturated carbocycles. The van der Waals surface area contributed by atoms with Gasteiger partial charge in [0.25, 0.3) is 0 Å². The second-order valence-corrected chi connectivity index (χ2v) is 14.3. The van der Waals surface area contributed by atoms with E-state index in [1.807, 2.05) is 44.2 Å². The number of para-hydroxylation sites is 1. The fraction of sp³-hybridized carbons (Fsp3) is 0.425. The van der Waals surface area contributed by atoms with Gasteiger partial charge < -0.3 is 36.0 Å². The van der Waals surface area contributed by atoms with Crippen LogP contribution in [0.1, 0.15) is 74.8 Å². The van der Waals surface area contributed by atoms with Gasteiger partial charge in [0.15, 0.2) is 0 Å². The maximum absolute atomic E-state index is 14.7. The number of phenolic OH excluding ortho intramolecular Hbond substituents is 1. The number of carbonyl (C=O) groups is 5. The first-order valence-electron chi connectivity index (χ1n) is 17.7. The number of anilines is 1. The zero-order valence-electron chi connectivity index (χ0n) is 30.9. The molecule has 52 heavy (non-hydrogen) atoms. The number of nitrogens with one attached hydrogen (secondary N) is 4. The molecule has 0 bridgehead atoms. The van der Waals surface area contributed by atoms with Crippen LogP contribution in [0.4, 0.5) is 10.5 Å². The quantitative estimate of drug-likeness (QED) is 0.158. The van der Waals surface area contributed by atoms with Gasteiger partial charge in [0.05, 0.1) is 0 Å². The van der Waals surface area contributed by atoms with Crippen LogP contribution < -0.4 is 21.3 Å². The van der Waals surface area contributed by atoms with E-state index in [0.717, 1.165) is 27.8 Å². The van der Waals surface area contributed by atoms with Crippen molar-refractivity contribution in [3.05, 3.63) is 94.5 Å². The summed E-state index contributed by atoms with van der Waals surface area (Å²) in [5.41, 5.74) is 3.76. The molecule has 5 amide bonds. The summed E-state index contributed by atoms with van der Waals surface area (Å²) < 4.78 is 5.54. The molecule has 0 spiro atoms. The first-order valence-corrected chi connectivity index (χ1v) is 17.7. The number of hydrogen-bond acceptors (Lipinski definition) is 7. The fourth-order valence-electron chi connectivity index (χ4n) is 6.36. The Bertz CT molecular complexity index is 1730. The lowest BCUT2D eigenvalue weighted by molar-refractivity contribution is -0.144. The van der Waals surface area contributed by atoms with Crippen molar-refractivity contribution in [2.24, 2.45) is 0 Å². The molecule has 1 aliphatic rings. The number of amides is 5. The van der Waals surface area contributed by atoms with Gasteiger partial charge in [-0.1, -0.05) is 42.5 Å². The number of phenols is 1. The number of nitrogens with zero attached hydrogens (tertiary/aromatic N) is 1. The Kier molecular flexibility index (Phi) is 13.4. The summed E-state index contributed by atoms with van der Waals surface area (Å²) in [6.07, 6.45) is 0.925. The second kappa shape index (κ2) is 17.7. The first kappa shape index (κ1) is 39.4. The summed E-state index contributed by atoms with van der Waals surface area (Å²) in [5.74, 6) is -1.47. The largest absolute Gasteiger partial charge is 0.508 e. The number of unbranched alkanes of at least 4 members (excludes halogenated alkanes) is 1. The van der Waals surface area contributed by atoms with Gasteiger partial charge in [0.1, 0.15) is 29.5 Å². The third kappa shape index (κ3) is 11.3. The average Bonchev–Trinajstić information content (AvgIpc) is 3.07. The zero-order chi connectivity index (χ0) is 38.0. The Morgan fingerprint density at radius 3 is 2.15 bits per heavy atom. The van der Waals surface area contributed by atoms with Crippen molar-refractivity contribution in [2.75, 3.05) is 11.9 Å². The molecule has 1 aliphatic heterocycles. The van der Waals surface area contributed by atoms with Crippen LogP contribution >= 0.6 is 0 Å². The summed E-state index contributed by atoms with van der Waals surface area (Å²) in [7, 11) is 0. The summed E-state index contributed by atoms with van der Waals surface area (Å²) in [4.78, 5) is 68.6. The molecule has 0 radical (unpaired) electrons. The van der Waals surface area contributed by atoms with E-state index in [1.165, 1.54) is 11.8 Å². The Morgan fingerprint density at radius 2 is 1.52 bits per heavy atom. The van der Waals surface area contributed by atoms with Crippen LogP contribution in [0.25, 0.3) is 0 Å². The number of rotatable bonds is 13. The fourth-order valence-corrected chi connectivity index (χ4v) is 6.36. The molecule has 3 aromatic carbocycles. The van der Waals surface area contributed by atoms with Crippen LogP contribution in [-0.4, -0.2) is 70.0 Å². The predicted molar refractivity (Wildman–Crippen MR) is 198 cm³/mol. The molecule has 0 saturated heterocycles. The van der Waals surface area contributed by atoms with E-state index in [4.69, 9.17) is 4.74 Å². The van der Waals surface area contributed by atoms with E-state index in [-0.39, 0.29) is 31.0 Å². The molecular weight excluding hydrogens is 662 g/mol. The summed E-state index contributed by atoms with van der Waals surface area (Å²) in [5, 5.41) is 21.5. The minimum Gasteiger partial charge on any atom is -0.508 e. The third-order valence-corrected chi connectivity index (χ3v) is 8.88. The normalized spacial score (nSPS) is 15.0. The topological polar surface area (TPSA) is 166 Å². The van der Waals surface area contributed by atoms with E-state index in [2.05, 4.69) is 21.3 Å². The number of hydrogen-bond donors (Lipinski definition) is 5. The molecule has 0 aliphatic carbocycles. The van der Waals surface area contributed by atoms with E-state index >= 15 is 0 Å². The Morgan fingerprint density at radius 1 is 0.885 bits per heavy atom. The molecule has 3 atom stereocenters. The highest BCUT2D eigenvalue weighted by atomic mass is 16.6. The maximum Gasteiger partial charge on any atom is 0.408 e. The predicted octanol–water partition coefficient (Wildman–Crippen LogP) is 4.83. The van der Waals surface area contributed by atoms with Crippen LogP contribution in [-0.2, 0) is 43.3 Å². The highest BCUT2D eigenvalue weighted by molar-refractivity contribution is 5.99. The number of aromatic hydroxyl groups is 1. The molecule has 12 nitrogen and oxygen atoms in total. The minimum absolute atomic E-state index is 0.0823. The van der Waals surface area contributed by atoms with Crippen molar-refractivity contribution < 1.29 is 33.8 Å². The number of alkyl carbamates (subject to hydrolysis) is 1. The average molecular weight is 714 g/mol. The zero-order valence-corrected chi connectivity index (χ0v) is 30.9. The van der Waals surface area contributed by atoms with Crippen LogP contribution in [0.2, 0.25) is 0 Å². The number of aryl methyl sites for hydroxylation is 2. The summed E-state index contributed by atoms with van der Waals surface area (Å²) in [6.45, 7) is 10.8. The van der Waals surface area contributed by atoms with Gasteiger partial charge in [-0.05, 0) is 106 Å². The minimum atomic E-state index is -1.12. The van der Waals surface area contributed by atoms with Gasteiger partial charge >= 0.3 is 6.09 Å². The molecule has 1 heterocycles. The lowest BCUT2D eigenvalue weighted by Crippen LogP contribution is -2.60. The lowest BCUT2D eigenvalue weighted by Gasteiger charge is -2.39. The van der Waals surface area contributed by atoms with Crippen molar-refractivity contribution in [3.63, 3.8) is 0 Å². The highest BCUT2D eigenvalue weighted by Gasteiger charge is 2.40. The van der Waals surface area contributed by atoms with Crippen molar-refractivity contribution in [3.8, 4) is 5.75 Å². The van der Waals surface area contributed by atoms with E-state index in [1.54, 1.807) is 57.2 Å². The standard InChI is InChI=1S/C40H51N5O7/c1-25-20-31(47)21-26(2)32(25)23-34(44-39(51)52-40(4,5)6)38(50)45-24-29-15-11-10-14-28(29)22-35(45)37(49)43-33(18-12-13-19-41-27(3)46)36(48)42-30-16-8-7-9-17-30/h7-11,14-17,20-21,33-35,47H,12-13,18-19,22-24H2,1-6H3,(H,41,46)(H,42,48)(H,43,49)(H,44,51)/t33-,34?,35?/m0/s1. The molecule has 3 aromatic rings. The lowest BCUT2D eigenvalue weighted by atomic mass is 9.91. The Labute approximate surface area is 305 Å². The van der Waals surface area contributed by atoms with Crippen molar-refractivity contribution in [1.29, 1.82) is 0 Å². The molecule has 2 unspecified atom stereocenters. The summed E-state index contributed by atoms with van der Waals surface area (Å²) >= 11 is 0. The van der Waals surface area contributed by atoms with Crippen LogP contribution in [0, 0.1) is 13.8 Å². The second-order valence-electron chi connectivity index (χ2n) is 14.3. The molecule has 278 valence electrons. The molecular formula is C40H51N5O7. The first-order chi connectivity index (χ1) is 24.6. The monoisotopic (exact) mass is 713 g/mol. The van der Waals surface area contributed by atoms with Crippen LogP contribution in [0.5, 0.6) is 5.75 Å². The molecule has 4 rings (SSSR count). The van der Waals surface area contributed by atoms with Gasteiger partial charge in [-0.3, -0.25) is 19.2 Å². The van der Waals surface area contributed by atoms with Gasteiger partial charge in [-0.15, -0.1) is 0 Å². The van der Waals surface area contributed by atoms with Crippen molar-refractivity contribution >= 4 is 35.4 Å². The number of ether oxygens (including phenoxy) is 1. The maximum atomic E-state index is 14.7. The van der Waals surface area contributed by atoms with E-state index in [9.17, 15) is 29.1 Å². The van der Waals surface area contributed by atoms with Crippen LogP contribution in [0.3, 0.4) is 0 Å². The number of carbonyl (C=O) groups excluding carboxylic acids is 5. The van der Waals surface area contributed by atoms with Gasteiger partial charge in [-0.25, -0.2) is 4.79 Å². The number of fused-ring (bicyclic) bond motifs is 1. The Hall–Kier alpha value is -5.39. The SMILES string of the molecule is CC(=O)NCCCC[C@H](NC(=O)C1Cc2ccccc2CN1C(=O)C(Cc1c(C)cc(O)cc1C)NC(=O)OC(C)(C)C)C(=O)Nc1ccccc1.